The van der Waals surface area contributed by atoms with Crippen LogP contribution in [-0.4, -0.2) is 10.4 Å². The van der Waals surface area contributed by atoms with Gasteiger partial charge in [0.05, 0.1) is 5.38 Å². The Hall–Kier alpha value is -1.02. The lowest BCUT2D eigenvalue weighted by Gasteiger charge is -2.17. The molecule has 0 amide bonds. The van der Waals surface area contributed by atoms with Gasteiger partial charge in [-0.25, -0.2) is 0 Å². The largest absolute Gasteiger partial charge is 0.398 e. The number of aromatic nitrogens is 1. The van der Waals surface area contributed by atoms with Crippen molar-refractivity contribution in [2.75, 3.05) is 5.73 Å². The van der Waals surface area contributed by atoms with Crippen molar-refractivity contribution in [3.63, 3.8) is 0 Å². The number of allylic oxidation sites excluding steroid dienone is 2. The molecule has 0 aromatic carbocycles. The summed E-state index contributed by atoms with van der Waals surface area (Å²) in [5, 5.41) is 0.151. The molecular formula is C11H13ClN2. The first-order valence-electron chi connectivity index (χ1n) is 4.82. The van der Waals surface area contributed by atoms with Gasteiger partial charge in [0, 0.05) is 23.6 Å². The fraction of sp³-hybridized carbons (Fsp3) is 0.364. The summed E-state index contributed by atoms with van der Waals surface area (Å²) in [6.07, 6.45) is 8.87. The second-order valence-electron chi connectivity index (χ2n) is 3.56. The lowest BCUT2D eigenvalue weighted by Crippen LogP contribution is -2.04. The SMILES string of the molecule is Nc1ccncc1C1=CC(Cl)CCC1. The average Bonchev–Trinajstić information content (AvgIpc) is 2.18. The van der Waals surface area contributed by atoms with E-state index in [1.807, 2.05) is 12.3 Å². The summed E-state index contributed by atoms with van der Waals surface area (Å²) in [6, 6.07) is 1.83. The summed E-state index contributed by atoms with van der Waals surface area (Å²) in [5.74, 6) is 0. The topological polar surface area (TPSA) is 38.9 Å². The summed E-state index contributed by atoms with van der Waals surface area (Å²) in [4.78, 5) is 4.08. The van der Waals surface area contributed by atoms with Crippen molar-refractivity contribution in [2.24, 2.45) is 0 Å². The highest BCUT2D eigenvalue weighted by molar-refractivity contribution is 6.22. The minimum Gasteiger partial charge on any atom is -0.398 e. The molecule has 2 rings (SSSR count). The van der Waals surface area contributed by atoms with Gasteiger partial charge in [-0.3, -0.25) is 4.98 Å². The van der Waals surface area contributed by atoms with Crippen LogP contribution in [0.2, 0.25) is 0 Å². The molecule has 1 aliphatic carbocycles. The second kappa shape index (κ2) is 4.01. The first-order chi connectivity index (χ1) is 6.77. The zero-order valence-corrected chi connectivity index (χ0v) is 8.67. The molecule has 1 unspecified atom stereocenters. The van der Waals surface area contributed by atoms with E-state index in [0.717, 1.165) is 30.5 Å². The van der Waals surface area contributed by atoms with Crippen LogP contribution in [0.4, 0.5) is 5.69 Å². The maximum atomic E-state index is 6.08. The highest BCUT2D eigenvalue weighted by Gasteiger charge is 2.13. The van der Waals surface area contributed by atoms with E-state index in [9.17, 15) is 0 Å². The number of alkyl halides is 1. The van der Waals surface area contributed by atoms with Crippen LogP contribution in [0.15, 0.2) is 24.5 Å². The Balaban J connectivity index is 2.35. The molecule has 1 atom stereocenters. The van der Waals surface area contributed by atoms with Crippen LogP contribution in [0, 0.1) is 0 Å². The number of halogens is 1. The fourth-order valence-electron chi connectivity index (χ4n) is 1.77. The van der Waals surface area contributed by atoms with Crippen LogP contribution in [0.1, 0.15) is 24.8 Å². The summed E-state index contributed by atoms with van der Waals surface area (Å²) in [7, 11) is 0. The van der Waals surface area contributed by atoms with Gasteiger partial charge in [0.25, 0.3) is 0 Å². The van der Waals surface area contributed by atoms with E-state index in [4.69, 9.17) is 17.3 Å². The summed E-state index contributed by atoms with van der Waals surface area (Å²) < 4.78 is 0. The molecule has 0 aliphatic heterocycles. The highest BCUT2D eigenvalue weighted by atomic mass is 35.5. The van der Waals surface area contributed by atoms with Crippen molar-refractivity contribution >= 4 is 22.9 Å². The molecule has 0 saturated carbocycles. The number of nitrogens with zero attached hydrogens (tertiary/aromatic N) is 1. The zero-order chi connectivity index (χ0) is 9.97. The minimum absolute atomic E-state index is 0.151. The van der Waals surface area contributed by atoms with Gasteiger partial charge in [0.2, 0.25) is 0 Å². The maximum absolute atomic E-state index is 6.08. The Morgan fingerprint density at radius 1 is 1.50 bits per heavy atom. The molecule has 0 saturated heterocycles. The number of pyridine rings is 1. The van der Waals surface area contributed by atoms with E-state index in [1.165, 1.54) is 5.57 Å². The molecule has 0 bridgehead atoms. The Morgan fingerprint density at radius 2 is 2.36 bits per heavy atom. The molecule has 14 heavy (non-hydrogen) atoms. The average molecular weight is 209 g/mol. The van der Waals surface area contributed by atoms with Gasteiger partial charge in [-0.2, -0.15) is 0 Å². The summed E-state index contributed by atoms with van der Waals surface area (Å²) in [5.41, 5.74) is 8.94. The fourth-order valence-corrected chi connectivity index (χ4v) is 2.08. The normalized spacial score (nSPS) is 21.8. The third-order valence-corrected chi connectivity index (χ3v) is 2.85. The maximum Gasteiger partial charge on any atom is 0.0522 e. The molecule has 74 valence electrons. The van der Waals surface area contributed by atoms with E-state index in [-0.39, 0.29) is 5.38 Å². The molecule has 2 N–H and O–H groups in total. The highest BCUT2D eigenvalue weighted by Crippen LogP contribution is 2.31. The molecule has 0 radical (unpaired) electrons. The van der Waals surface area contributed by atoms with Crippen molar-refractivity contribution in [2.45, 2.75) is 24.6 Å². The Labute approximate surface area is 88.8 Å². The molecule has 3 heteroatoms. The van der Waals surface area contributed by atoms with Gasteiger partial charge in [-0.05, 0) is 30.9 Å². The number of nitrogens with two attached hydrogens (primary N) is 1. The van der Waals surface area contributed by atoms with E-state index < -0.39 is 0 Å². The number of hydrogen-bond donors (Lipinski definition) is 1. The lowest BCUT2D eigenvalue weighted by atomic mass is 9.93. The van der Waals surface area contributed by atoms with Crippen LogP contribution >= 0.6 is 11.6 Å². The first-order valence-corrected chi connectivity index (χ1v) is 5.25. The van der Waals surface area contributed by atoms with Crippen LogP contribution in [0.5, 0.6) is 0 Å². The first kappa shape index (κ1) is 9.53. The monoisotopic (exact) mass is 208 g/mol. The van der Waals surface area contributed by atoms with Gasteiger partial charge < -0.3 is 5.73 Å². The molecule has 1 aromatic heterocycles. The van der Waals surface area contributed by atoms with Crippen molar-refractivity contribution in [1.29, 1.82) is 0 Å². The predicted octanol–water partition coefficient (Wildman–Crippen LogP) is 2.84. The van der Waals surface area contributed by atoms with Crippen molar-refractivity contribution in [3.05, 3.63) is 30.1 Å². The number of hydrogen-bond acceptors (Lipinski definition) is 2. The van der Waals surface area contributed by atoms with Crippen LogP contribution in [0.3, 0.4) is 0 Å². The molecule has 1 aromatic rings. The third kappa shape index (κ3) is 1.90. The van der Waals surface area contributed by atoms with Crippen molar-refractivity contribution < 1.29 is 0 Å². The van der Waals surface area contributed by atoms with Crippen molar-refractivity contribution in [1.82, 2.24) is 4.98 Å². The number of nitrogen functional groups attached to an aromatic ring is 1. The predicted molar refractivity (Wildman–Crippen MR) is 60.1 cm³/mol. The summed E-state index contributed by atoms with van der Waals surface area (Å²) >= 11 is 6.08. The number of anilines is 1. The molecule has 1 aliphatic rings. The van der Waals surface area contributed by atoms with Gasteiger partial charge in [0.15, 0.2) is 0 Å². The van der Waals surface area contributed by atoms with Gasteiger partial charge >= 0.3 is 0 Å². The lowest BCUT2D eigenvalue weighted by molar-refractivity contribution is 0.747. The zero-order valence-electron chi connectivity index (χ0n) is 7.91. The quantitative estimate of drug-likeness (QED) is 0.721. The minimum atomic E-state index is 0.151. The Kier molecular flexibility index (Phi) is 2.73. The molecular weight excluding hydrogens is 196 g/mol. The van der Waals surface area contributed by atoms with Gasteiger partial charge in [-0.1, -0.05) is 6.08 Å². The van der Waals surface area contributed by atoms with Crippen LogP contribution in [-0.2, 0) is 0 Å². The molecule has 1 heterocycles. The van der Waals surface area contributed by atoms with Crippen LogP contribution < -0.4 is 5.73 Å². The van der Waals surface area contributed by atoms with Crippen LogP contribution in [0.25, 0.3) is 5.57 Å². The molecule has 0 fully saturated rings. The van der Waals surface area contributed by atoms with Gasteiger partial charge in [-0.15, -0.1) is 11.6 Å². The Bertz CT molecular complexity index is 360. The smallest absolute Gasteiger partial charge is 0.0522 e. The Morgan fingerprint density at radius 3 is 3.07 bits per heavy atom. The van der Waals surface area contributed by atoms with E-state index >= 15 is 0 Å². The third-order valence-electron chi connectivity index (χ3n) is 2.51. The second-order valence-corrected chi connectivity index (χ2v) is 4.12. The number of rotatable bonds is 1. The van der Waals surface area contributed by atoms with Gasteiger partial charge in [0.1, 0.15) is 0 Å². The molecule has 0 spiro atoms. The molecule has 2 nitrogen and oxygen atoms in total. The van der Waals surface area contributed by atoms with Crippen molar-refractivity contribution in [3.8, 4) is 0 Å². The van der Waals surface area contributed by atoms with E-state index in [1.54, 1.807) is 6.20 Å². The standard InChI is InChI=1S/C11H13ClN2/c12-9-3-1-2-8(6-9)10-7-14-5-4-11(10)13/h4-7,9H,1-3H2,(H2,13,14). The van der Waals surface area contributed by atoms with E-state index in [2.05, 4.69) is 11.1 Å². The summed E-state index contributed by atoms with van der Waals surface area (Å²) in [6.45, 7) is 0. The van der Waals surface area contributed by atoms with E-state index in [0.29, 0.717) is 0 Å².